The first kappa shape index (κ1) is 23.4. The Morgan fingerprint density at radius 2 is 1.84 bits per heavy atom. The molecule has 0 spiro atoms. The highest BCUT2D eigenvalue weighted by Gasteiger charge is 2.36. The molecule has 3 rings (SSSR count). The Kier molecular flexibility index (Phi) is 7.28. The number of ether oxygens (including phenoxy) is 1. The molecule has 1 saturated carbocycles. The van der Waals surface area contributed by atoms with Gasteiger partial charge in [0.2, 0.25) is 5.91 Å². The van der Waals surface area contributed by atoms with Crippen LogP contribution in [0.25, 0.3) is 0 Å². The van der Waals surface area contributed by atoms with Crippen LogP contribution >= 0.6 is 0 Å². The van der Waals surface area contributed by atoms with Crippen molar-refractivity contribution in [2.45, 2.75) is 68.9 Å². The molecule has 1 aromatic carbocycles. The van der Waals surface area contributed by atoms with Crippen LogP contribution in [0.4, 0.5) is 13.2 Å². The van der Waals surface area contributed by atoms with E-state index in [1.54, 1.807) is 6.07 Å². The number of likely N-dealkylation sites (tertiary alicyclic amines) is 1. The Hall–Kier alpha value is -3.22. The van der Waals surface area contributed by atoms with E-state index in [9.17, 15) is 23.2 Å². The molecule has 6 nitrogen and oxygen atoms in total. The molecule has 1 aromatic rings. The summed E-state index contributed by atoms with van der Waals surface area (Å²) in [6.45, 7) is 0.0942. The van der Waals surface area contributed by atoms with Gasteiger partial charge in [0.15, 0.2) is 0 Å². The first-order chi connectivity index (χ1) is 15.3. The van der Waals surface area contributed by atoms with Crippen molar-refractivity contribution in [3.63, 3.8) is 0 Å². The van der Waals surface area contributed by atoms with Gasteiger partial charge in [0, 0.05) is 6.04 Å². The Bertz CT molecular complexity index is 943. The second-order valence-corrected chi connectivity index (χ2v) is 8.00. The molecule has 1 heterocycles. The summed E-state index contributed by atoms with van der Waals surface area (Å²) in [6.07, 6.45) is 4.69. The lowest BCUT2D eigenvalue weighted by Crippen LogP contribution is -2.47. The minimum Gasteiger partial charge on any atom is -0.490 e. The largest absolute Gasteiger partial charge is 0.490 e. The van der Waals surface area contributed by atoms with Crippen LogP contribution < -0.4 is 10.1 Å². The van der Waals surface area contributed by atoms with Crippen molar-refractivity contribution >= 4 is 5.91 Å². The summed E-state index contributed by atoms with van der Waals surface area (Å²) >= 11 is 0. The van der Waals surface area contributed by atoms with E-state index in [2.05, 4.69) is 17.3 Å². The van der Waals surface area contributed by atoms with Crippen molar-refractivity contribution in [2.24, 2.45) is 0 Å². The predicted octanol–water partition coefficient (Wildman–Crippen LogP) is 3.37. The van der Waals surface area contributed by atoms with Crippen LogP contribution in [0, 0.1) is 35.0 Å². The van der Waals surface area contributed by atoms with E-state index in [0.29, 0.717) is 25.7 Å². The fourth-order valence-electron chi connectivity index (χ4n) is 4.29. The number of carbonyl (C=O) groups is 1. The monoisotopic (exact) mass is 444 g/mol. The quantitative estimate of drug-likeness (QED) is 0.704. The molecule has 32 heavy (non-hydrogen) atoms. The summed E-state index contributed by atoms with van der Waals surface area (Å²) in [5.41, 5.74) is -1.44. The third-order valence-electron chi connectivity index (χ3n) is 5.95. The molecule has 168 valence electrons. The number of halogens is 3. The maximum absolute atomic E-state index is 12.9. The van der Waals surface area contributed by atoms with Crippen LogP contribution in [0.15, 0.2) is 18.2 Å². The number of hydrogen-bond acceptors (Lipinski definition) is 5. The molecule has 2 atom stereocenters. The second kappa shape index (κ2) is 9.94. The fraction of sp³-hybridized carbons (Fsp3) is 0.522. The number of carbonyl (C=O) groups excluding carboxylic acids is 1. The SMILES string of the molecule is C#C[C@H]1CC[C@@H](C#N)N1C(=O)CN[C@H]1CC[C@H](Oc2ccc(C(F)(F)F)c(C#N)c2)CC1. The topological polar surface area (TPSA) is 89.2 Å². The average Bonchev–Trinajstić information content (AvgIpc) is 3.21. The van der Waals surface area contributed by atoms with Crippen LogP contribution in [0.1, 0.15) is 49.7 Å². The standard InChI is InChI=1S/C23H23F3N4O2/c1-2-17-5-6-18(13-28)30(17)22(31)14-29-16-3-7-19(8-4-16)32-20-9-10-21(23(24,25)26)15(11-20)12-27/h1,9-11,16-19,29H,3-8,14H2/t16-,17-,18-,19-/m0/s1. The van der Waals surface area contributed by atoms with Crippen LogP contribution in [0.2, 0.25) is 0 Å². The Labute approximate surface area is 184 Å². The van der Waals surface area contributed by atoms with Crippen molar-refractivity contribution in [2.75, 3.05) is 6.54 Å². The number of nitrogens with one attached hydrogen (secondary N) is 1. The van der Waals surface area contributed by atoms with E-state index in [1.165, 1.54) is 11.0 Å². The molecular weight excluding hydrogens is 421 g/mol. The molecule has 9 heteroatoms. The van der Waals surface area contributed by atoms with E-state index >= 15 is 0 Å². The van der Waals surface area contributed by atoms with Crippen molar-refractivity contribution < 1.29 is 22.7 Å². The lowest BCUT2D eigenvalue weighted by atomic mass is 9.93. The van der Waals surface area contributed by atoms with E-state index < -0.39 is 23.3 Å². The number of hydrogen-bond donors (Lipinski definition) is 1. The predicted molar refractivity (Wildman–Crippen MR) is 109 cm³/mol. The van der Waals surface area contributed by atoms with Crippen molar-refractivity contribution in [3.05, 3.63) is 29.3 Å². The lowest BCUT2D eigenvalue weighted by Gasteiger charge is -2.31. The second-order valence-electron chi connectivity index (χ2n) is 8.00. The zero-order valence-electron chi connectivity index (χ0n) is 17.4. The molecule has 1 aliphatic carbocycles. The number of alkyl halides is 3. The number of amides is 1. The molecule has 0 aromatic heterocycles. The van der Waals surface area contributed by atoms with E-state index in [4.69, 9.17) is 16.4 Å². The summed E-state index contributed by atoms with van der Waals surface area (Å²) in [5.74, 6) is 2.62. The molecular formula is C23H23F3N4O2. The summed E-state index contributed by atoms with van der Waals surface area (Å²) in [7, 11) is 0. The zero-order valence-corrected chi connectivity index (χ0v) is 17.4. The van der Waals surface area contributed by atoms with E-state index in [1.807, 2.05) is 0 Å². The van der Waals surface area contributed by atoms with Gasteiger partial charge in [-0.1, -0.05) is 5.92 Å². The highest BCUT2D eigenvalue weighted by atomic mass is 19.4. The van der Waals surface area contributed by atoms with Crippen molar-refractivity contribution in [1.29, 1.82) is 10.5 Å². The molecule has 0 unspecified atom stereocenters. The molecule has 0 bridgehead atoms. The molecule has 2 aliphatic rings. The molecule has 2 fully saturated rings. The first-order valence-corrected chi connectivity index (χ1v) is 10.4. The van der Waals surface area contributed by atoms with Crippen LogP contribution in [-0.2, 0) is 11.0 Å². The van der Waals surface area contributed by atoms with Gasteiger partial charge in [-0.3, -0.25) is 4.79 Å². The maximum atomic E-state index is 12.9. The van der Waals surface area contributed by atoms with E-state index in [-0.39, 0.29) is 36.4 Å². The van der Waals surface area contributed by atoms with Gasteiger partial charge in [0.05, 0.1) is 42.0 Å². The van der Waals surface area contributed by atoms with Crippen LogP contribution in [-0.4, -0.2) is 41.6 Å². The van der Waals surface area contributed by atoms with E-state index in [0.717, 1.165) is 25.0 Å². The van der Waals surface area contributed by atoms with Gasteiger partial charge in [-0.05, 0) is 56.7 Å². The van der Waals surface area contributed by atoms with Gasteiger partial charge in [0.1, 0.15) is 11.8 Å². The normalized spacial score (nSPS) is 25.4. The summed E-state index contributed by atoms with van der Waals surface area (Å²) in [4.78, 5) is 14.1. The number of benzene rings is 1. The third-order valence-corrected chi connectivity index (χ3v) is 5.95. The summed E-state index contributed by atoms with van der Waals surface area (Å²) in [5, 5.41) is 21.5. The average molecular weight is 444 g/mol. The Morgan fingerprint density at radius 1 is 1.16 bits per heavy atom. The molecule has 1 N–H and O–H groups in total. The Morgan fingerprint density at radius 3 is 2.44 bits per heavy atom. The van der Waals surface area contributed by atoms with Crippen molar-refractivity contribution in [3.8, 4) is 30.2 Å². The highest BCUT2D eigenvalue weighted by molar-refractivity contribution is 5.80. The van der Waals surface area contributed by atoms with Gasteiger partial charge >= 0.3 is 6.18 Å². The number of nitrogens with zero attached hydrogens (tertiary/aromatic N) is 3. The Balaban J connectivity index is 1.49. The highest BCUT2D eigenvalue weighted by Crippen LogP contribution is 2.34. The number of nitriles is 2. The number of rotatable bonds is 5. The van der Waals surface area contributed by atoms with Gasteiger partial charge in [-0.15, -0.1) is 6.42 Å². The molecule has 1 aliphatic heterocycles. The van der Waals surface area contributed by atoms with Crippen molar-refractivity contribution in [1.82, 2.24) is 10.2 Å². The van der Waals surface area contributed by atoms with Gasteiger partial charge in [-0.25, -0.2) is 0 Å². The maximum Gasteiger partial charge on any atom is 0.417 e. The molecule has 0 radical (unpaired) electrons. The van der Waals surface area contributed by atoms with Crippen LogP contribution in [0.3, 0.4) is 0 Å². The minimum atomic E-state index is -4.59. The molecule has 1 amide bonds. The minimum absolute atomic E-state index is 0.0912. The van der Waals surface area contributed by atoms with Gasteiger partial charge < -0.3 is 15.0 Å². The third kappa shape index (κ3) is 5.33. The summed E-state index contributed by atoms with van der Waals surface area (Å²) in [6, 6.07) is 6.17. The smallest absolute Gasteiger partial charge is 0.417 e. The molecule has 1 saturated heterocycles. The lowest BCUT2D eigenvalue weighted by molar-refractivity contribution is -0.137. The zero-order chi connectivity index (χ0) is 23.3. The number of terminal acetylenes is 1. The van der Waals surface area contributed by atoms with Crippen LogP contribution in [0.5, 0.6) is 5.75 Å². The summed E-state index contributed by atoms with van der Waals surface area (Å²) < 4.78 is 44.6. The first-order valence-electron chi connectivity index (χ1n) is 10.4. The van der Waals surface area contributed by atoms with Gasteiger partial charge in [-0.2, -0.15) is 23.7 Å². The van der Waals surface area contributed by atoms with Gasteiger partial charge in [0.25, 0.3) is 0 Å². The fourth-order valence-corrected chi connectivity index (χ4v) is 4.29.